The van der Waals surface area contributed by atoms with Gasteiger partial charge in [-0.1, -0.05) is 13.8 Å². The van der Waals surface area contributed by atoms with Crippen LogP contribution in [0.5, 0.6) is 11.5 Å². The fourth-order valence-electron chi connectivity index (χ4n) is 3.00. The largest absolute Gasteiger partial charge is 0.497 e. The van der Waals surface area contributed by atoms with Crippen molar-refractivity contribution in [2.24, 2.45) is 5.92 Å². The molecular weight excluding hydrogens is 238 g/mol. The predicted octanol–water partition coefficient (Wildman–Crippen LogP) is 3.33. The molecule has 0 saturated heterocycles. The number of fused-ring (bicyclic) bond motifs is 1. The standard InChI is InChI=1S/C16H25NO2/c1-5-17-15-8-11(2)6-7-13-14(15)9-12(18-3)10-16(13)19-4/h9-11,15,17H,5-8H2,1-4H3. The number of methoxy groups -OCH3 is 2. The molecule has 0 bridgehead atoms. The molecule has 1 aromatic rings. The monoisotopic (exact) mass is 263 g/mol. The summed E-state index contributed by atoms with van der Waals surface area (Å²) in [5, 5.41) is 3.60. The van der Waals surface area contributed by atoms with E-state index in [1.807, 2.05) is 6.07 Å². The second-order valence-corrected chi connectivity index (χ2v) is 5.39. The molecule has 0 aromatic heterocycles. The summed E-state index contributed by atoms with van der Waals surface area (Å²) in [5.41, 5.74) is 2.70. The van der Waals surface area contributed by atoms with Crippen LogP contribution in [0.4, 0.5) is 0 Å². The lowest BCUT2D eigenvalue weighted by atomic mass is 9.96. The SMILES string of the molecule is CCNC1CC(C)CCc2c(OC)cc(OC)cc21. The maximum Gasteiger partial charge on any atom is 0.126 e. The molecular formula is C16H25NO2. The molecule has 0 radical (unpaired) electrons. The van der Waals surface area contributed by atoms with Gasteiger partial charge in [0.15, 0.2) is 0 Å². The first-order valence-electron chi connectivity index (χ1n) is 7.17. The average molecular weight is 263 g/mol. The van der Waals surface area contributed by atoms with Gasteiger partial charge in [0.25, 0.3) is 0 Å². The van der Waals surface area contributed by atoms with Crippen LogP contribution in [0.1, 0.15) is 43.9 Å². The van der Waals surface area contributed by atoms with Crippen LogP contribution in [-0.2, 0) is 6.42 Å². The van der Waals surface area contributed by atoms with Crippen molar-refractivity contribution in [3.05, 3.63) is 23.3 Å². The van der Waals surface area contributed by atoms with Crippen molar-refractivity contribution >= 4 is 0 Å². The van der Waals surface area contributed by atoms with Crippen LogP contribution in [-0.4, -0.2) is 20.8 Å². The predicted molar refractivity (Wildman–Crippen MR) is 78.1 cm³/mol. The fraction of sp³-hybridized carbons (Fsp3) is 0.625. The zero-order valence-electron chi connectivity index (χ0n) is 12.5. The molecule has 0 heterocycles. The van der Waals surface area contributed by atoms with Gasteiger partial charge in [-0.2, -0.15) is 0 Å². The first-order valence-corrected chi connectivity index (χ1v) is 7.17. The number of nitrogens with one attached hydrogen (secondary N) is 1. The molecule has 0 spiro atoms. The van der Waals surface area contributed by atoms with Gasteiger partial charge in [-0.3, -0.25) is 0 Å². The Morgan fingerprint density at radius 1 is 1.26 bits per heavy atom. The Labute approximate surface area is 116 Å². The summed E-state index contributed by atoms with van der Waals surface area (Å²) in [6, 6.07) is 4.57. The highest BCUT2D eigenvalue weighted by atomic mass is 16.5. The van der Waals surface area contributed by atoms with Crippen LogP contribution < -0.4 is 14.8 Å². The van der Waals surface area contributed by atoms with Crippen molar-refractivity contribution < 1.29 is 9.47 Å². The van der Waals surface area contributed by atoms with Gasteiger partial charge in [-0.05, 0) is 48.9 Å². The van der Waals surface area contributed by atoms with Gasteiger partial charge in [0.1, 0.15) is 11.5 Å². The van der Waals surface area contributed by atoms with E-state index in [9.17, 15) is 0 Å². The summed E-state index contributed by atoms with van der Waals surface area (Å²) in [5.74, 6) is 2.58. The van der Waals surface area contributed by atoms with Crippen LogP contribution in [0.2, 0.25) is 0 Å². The molecule has 0 saturated carbocycles. The smallest absolute Gasteiger partial charge is 0.126 e. The third-order valence-electron chi connectivity index (χ3n) is 4.02. The Hall–Kier alpha value is -1.22. The zero-order chi connectivity index (χ0) is 13.8. The van der Waals surface area contributed by atoms with Crippen molar-refractivity contribution in [3.63, 3.8) is 0 Å². The van der Waals surface area contributed by atoms with Crippen molar-refractivity contribution in [3.8, 4) is 11.5 Å². The third kappa shape index (κ3) is 3.03. The van der Waals surface area contributed by atoms with E-state index < -0.39 is 0 Å². The van der Waals surface area contributed by atoms with Crippen LogP contribution in [0, 0.1) is 5.92 Å². The summed E-state index contributed by atoms with van der Waals surface area (Å²) in [7, 11) is 3.45. The number of hydrogen-bond donors (Lipinski definition) is 1. The molecule has 0 aliphatic heterocycles. The number of rotatable bonds is 4. The van der Waals surface area contributed by atoms with Crippen molar-refractivity contribution in [1.29, 1.82) is 0 Å². The van der Waals surface area contributed by atoms with Gasteiger partial charge in [-0.15, -0.1) is 0 Å². The molecule has 0 fully saturated rings. The van der Waals surface area contributed by atoms with Gasteiger partial charge < -0.3 is 14.8 Å². The molecule has 3 nitrogen and oxygen atoms in total. The molecule has 1 aliphatic rings. The summed E-state index contributed by atoms with van der Waals surface area (Å²) in [4.78, 5) is 0. The Morgan fingerprint density at radius 2 is 2.05 bits per heavy atom. The van der Waals surface area contributed by atoms with Crippen molar-refractivity contribution in [2.45, 2.75) is 39.2 Å². The highest BCUT2D eigenvalue weighted by molar-refractivity contribution is 5.48. The number of ether oxygens (including phenoxy) is 2. The van der Waals surface area contributed by atoms with Crippen LogP contribution in [0.15, 0.2) is 12.1 Å². The molecule has 1 N–H and O–H groups in total. The maximum atomic E-state index is 5.56. The van der Waals surface area contributed by atoms with E-state index in [4.69, 9.17) is 9.47 Å². The molecule has 2 atom stereocenters. The zero-order valence-corrected chi connectivity index (χ0v) is 12.5. The Balaban J connectivity index is 2.48. The Bertz CT molecular complexity index is 431. The number of benzene rings is 1. The molecule has 0 amide bonds. The summed E-state index contributed by atoms with van der Waals surface area (Å²) >= 11 is 0. The summed E-state index contributed by atoms with van der Waals surface area (Å²) in [6.07, 6.45) is 3.49. The topological polar surface area (TPSA) is 30.5 Å². The quantitative estimate of drug-likeness (QED) is 0.845. The molecule has 2 unspecified atom stereocenters. The molecule has 19 heavy (non-hydrogen) atoms. The van der Waals surface area contributed by atoms with Gasteiger partial charge in [0, 0.05) is 12.1 Å². The minimum Gasteiger partial charge on any atom is -0.497 e. The normalized spacial score (nSPS) is 22.5. The van der Waals surface area contributed by atoms with Crippen LogP contribution in [0.25, 0.3) is 0 Å². The third-order valence-corrected chi connectivity index (χ3v) is 4.02. The fourth-order valence-corrected chi connectivity index (χ4v) is 3.00. The van der Waals surface area contributed by atoms with E-state index in [0.717, 1.165) is 30.4 Å². The molecule has 1 aliphatic carbocycles. The molecule has 3 heteroatoms. The first-order chi connectivity index (χ1) is 9.19. The van der Waals surface area contributed by atoms with E-state index in [-0.39, 0.29) is 0 Å². The minimum atomic E-state index is 0.404. The van der Waals surface area contributed by atoms with Crippen LogP contribution >= 0.6 is 0 Å². The lowest BCUT2D eigenvalue weighted by Crippen LogP contribution is -2.22. The second kappa shape index (κ2) is 6.29. The first kappa shape index (κ1) is 14.2. The van der Waals surface area contributed by atoms with Gasteiger partial charge in [0.2, 0.25) is 0 Å². The molecule has 2 rings (SSSR count). The maximum absolute atomic E-state index is 5.56. The van der Waals surface area contributed by atoms with Crippen molar-refractivity contribution in [1.82, 2.24) is 5.32 Å². The second-order valence-electron chi connectivity index (χ2n) is 5.39. The van der Waals surface area contributed by atoms with Gasteiger partial charge >= 0.3 is 0 Å². The average Bonchev–Trinajstić information content (AvgIpc) is 2.58. The van der Waals surface area contributed by atoms with E-state index in [0.29, 0.717) is 6.04 Å². The molecule has 106 valence electrons. The van der Waals surface area contributed by atoms with E-state index in [2.05, 4.69) is 25.2 Å². The van der Waals surface area contributed by atoms with E-state index in [1.165, 1.54) is 24.0 Å². The van der Waals surface area contributed by atoms with Gasteiger partial charge in [0.05, 0.1) is 14.2 Å². The highest BCUT2D eigenvalue weighted by Crippen LogP contribution is 2.39. The van der Waals surface area contributed by atoms with Crippen LogP contribution in [0.3, 0.4) is 0 Å². The van der Waals surface area contributed by atoms with Gasteiger partial charge in [-0.25, -0.2) is 0 Å². The van der Waals surface area contributed by atoms with E-state index in [1.54, 1.807) is 14.2 Å². The Morgan fingerprint density at radius 3 is 2.68 bits per heavy atom. The summed E-state index contributed by atoms with van der Waals surface area (Å²) in [6.45, 7) is 5.48. The summed E-state index contributed by atoms with van der Waals surface area (Å²) < 4.78 is 11.0. The molecule has 1 aromatic carbocycles. The highest BCUT2D eigenvalue weighted by Gasteiger charge is 2.25. The van der Waals surface area contributed by atoms with E-state index >= 15 is 0 Å². The number of hydrogen-bond acceptors (Lipinski definition) is 3. The minimum absolute atomic E-state index is 0.404. The Kier molecular flexibility index (Phi) is 4.70. The lowest BCUT2D eigenvalue weighted by molar-refractivity contribution is 0.388. The lowest BCUT2D eigenvalue weighted by Gasteiger charge is -2.22. The van der Waals surface area contributed by atoms with Crippen molar-refractivity contribution in [2.75, 3.05) is 20.8 Å².